The van der Waals surface area contributed by atoms with Crippen LogP contribution < -0.4 is 0 Å². The lowest BCUT2D eigenvalue weighted by Crippen LogP contribution is -2.15. The summed E-state index contributed by atoms with van der Waals surface area (Å²) >= 11 is 0. The van der Waals surface area contributed by atoms with Crippen LogP contribution in [-0.4, -0.2) is 8.07 Å². The van der Waals surface area contributed by atoms with Crippen molar-refractivity contribution in [3.05, 3.63) is 0 Å². The summed E-state index contributed by atoms with van der Waals surface area (Å²) in [6, 6.07) is 0. The van der Waals surface area contributed by atoms with E-state index in [0.717, 1.165) is 0 Å². The van der Waals surface area contributed by atoms with Crippen molar-refractivity contribution in [3.63, 3.8) is 0 Å². The molecule has 0 fully saturated rings. The molecule has 0 atom stereocenters. The van der Waals surface area contributed by atoms with Gasteiger partial charge in [-0.2, -0.15) is 0 Å². The maximum atomic E-state index is 5.12. The van der Waals surface area contributed by atoms with Crippen molar-refractivity contribution >= 4 is 8.07 Å². The summed E-state index contributed by atoms with van der Waals surface area (Å²) in [6.45, 7) is 10.9. The monoisotopic (exact) mass is 184 g/mol. The molecule has 0 aliphatic heterocycles. The predicted octanol–water partition coefficient (Wildman–Crippen LogP) is 4.08. The van der Waals surface area contributed by atoms with Crippen LogP contribution in [0.5, 0.6) is 0 Å². The zero-order valence-corrected chi connectivity index (χ0v) is 10.4. The molecule has 0 N–H and O–H groups in total. The van der Waals surface area contributed by atoms with Crippen LogP contribution in [0.1, 0.15) is 39.5 Å². The van der Waals surface area contributed by atoms with E-state index in [-0.39, 0.29) is 0 Å². The molecule has 0 rings (SSSR count). The number of hydrogen-bond donors (Lipinski definition) is 0. The van der Waals surface area contributed by atoms with Crippen molar-refractivity contribution in [2.75, 3.05) is 0 Å². The molecule has 12 heavy (non-hydrogen) atoms. The molecule has 0 amide bonds. The zero-order chi connectivity index (χ0) is 10.0. The summed E-state index contributed by atoms with van der Waals surface area (Å²) in [7, 11) is -1.10. The molecule has 0 bridgehead atoms. The molecular formula is C11H24Si. The van der Waals surface area contributed by atoms with Gasteiger partial charge in [0.1, 0.15) is 8.07 Å². The fourth-order valence-electron chi connectivity index (χ4n) is 0.500. The Hall–Kier alpha value is -0.223. The number of terminal acetylenes is 1. The first kappa shape index (κ1) is 14.3. The van der Waals surface area contributed by atoms with Gasteiger partial charge in [-0.05, 0) is 0 Å². The third-order valence-corrected chi connectivity index (χ3v) is 2.26. The highest BCUT2D eigenvalue weighted by Crippen LogP contribution is 1.95. The van der Waals surface area contributed by atoms with E-state index < -0.39 is 8.07 Å². The van der Waals surface area contributed by atoms with Gasteiger partial charge >= 0.3 is 0 Å². The van der Waals surface area contributed by atoms with Crippen LogP contribution in [0.15, 0.2) is 0 Å². The topological polar surface area (TPSA) is 0 Å². The minimum absolute atomic E-state index is 1.10. The Morgan fingerprint density at radius 2 is 1.25 bits per heavy atom. The Morgan fingerprint density at radius 1 is 1.00 bits per heavy atom. The standard InChI is InChI=1S/C6H14.C5H10Si/c1-3-5-6-4-2;1-5-6(2,3)4/h3-6H2,1-2H3;1H,2-4H3. The van der Waals surface area contributed by atoms with Crippen LogP contribution in [0.2, 0.25) is 19.6 Å². The molecular weight excluding hydrogens is 160 g/mol. The van der Waals surface area contributed by atoms with Crippen LogP contribution in [-0.2, 0) is 0 Å². The van der Waals surface area contributed by atoms with E-state index in [4.69, 9.17) is 6.42 Å². The first-order valence-corrected chi connectivity index (χ1v) is 8.45. The second-order valence-electron chi connectivity index (χ2n) is 4.10. The second-order valence-corrected chi connectivity index (χ2v) is 8.89. The Bertz CT molecular complexity index is 110. The van der Waals surface area contributed by atoms with Gasteiger partial charge in [-0.1, -0.05) is 59.2 Å². The second kappa shape index (κ2) is 8.87. The van der Waals surface area contributed by atoms with Gasteiger partial charge in [0.2, 0.25) is 0 Å². The normalized spacial score (nSPS) is 9.67. The minimum atomic E-state index is -1.10. The van der Waals surface area contributed by atoms with Gasteiger partial charge in [0.05, 0.1) is 0 Å². The van der Waals surface area contributed by atoms with Crippen molar-refractivity contribution in [1.82, 2.24) is 0 Å². The summed E-state index contributed by atoms with van der Waals surface area (Å²) in [5.41, 5.74) is 2.74. The van der Waals surface area contributed by atoms with Gasteiger partial charge in [-0.15, -0.1) is 12.0 Å². The molecule has 0 saturated heterocycles. The maximum absolute atomic E-state index is 5.12. The molecule has 0 aromatic rings. The zero-order valence-electron chi connectivity index (χ0n) is 9.41. The smallest absolute Gasteiger partial charge is 0.128 e. The highest BCUT2D eigenvalue weighted by Gasteiger charge is 2.05. The lowest BCUT2D eigenvalue weighted by atomic mass is 10.2. The number of rotatable bonds is 3. The van der Waals surface area contributed by atoms with Gasteiger partial charge in [-0.25, -0.2) is 0 Å². The molecule has 0 aliphatic carbocycles. The number of hydrogen-bond acceptors (Lipinski definition) is 0. The largest absolute Gasteiger partial charge is 0.135 e. The molecule has 0 spiro atoms. The first-order valence-electron chi connectivity index (χ1n) is 4.95. The lowest BCUT2D eigenvalue weighted by molar-refractivity contribution is 0.702. The van der Waals surface area contributed by atoms with Crippen molar-refractivity contribution in [3.8, 4) is 12.0 Å². The molecule has 0 aromatic heterocycles. The molecule has 0 aliphatic rings. The molecule has 1 heteroatoms. The fraction of sp³-hybridized carbons (Fsp3) is 0.818. The fourth-order valence-corrected chi connectivity index (χ4v) is 0.500. The Labute approximate surface area is 79.8 Å². The van der Waals surface area contributed by atoms with Gasteiger partial charge < -0.3 is 0 Å². The van der Waals surface area contributed by atoms with Crippen LogP contribution in [0.3, 0.4) is 0 Å². The molecule has 0 unspecified atom stereocenters. The summed E-state index contributed by atoms with van der Waals surface area (Å²) in [5, 5.41) is 0. The minimum Gasteiger partial charge on any atom is -0.135 e. The summed E-state index contributed by atoms with van der Waals surface area (Å²) in [6.07, 6.45) is 10.7. The van der Waals surface area contributed by atoms with Crippen LogP contribution in [0.25, 0.3) is 0 Å². The van der Waals surface area contributed by atoms with E-state index >= 15 is 0 Å². The van der Waals surface area contributed by atoms with E-state index in [2.05, 4.69) is 39.0 Å². The van der Waals surface area contributed by atoms with Gasteiger partial charge in [0.15, 0.2) is 0 Å². The Balaban J connectivity index is 0. The third kappa shape index (κ3) is 22.6. The molecule has 72 valence electrons. The van der Waals surface area contributed by atoms with Crippen molar-refractivity contribution < 1.29 is 0 Å². The third-order valence-electron chi connectivity index (χ3n) is 1.39. The van der Waals surface area contributed by atoms with E-state index in [1.807, 2.05) is 0 Å². The first-order chi connectivity index (χ1) is 5.47. The maximum Gasteiger partial charge on any atom is 0.128 e. The van der Waals surface area contributed by atoms with Crippen molar-refractivity contribution in [2.24, 2.45) is 0 Å². The predicted molar refractivity (Wildman–Crippen MR) is 62.0 cm³/mol. The van der Waals surface area contributed by atoms with Gasteiger partial charge in [-0.3, -0.25) is 0 Å². The molecule has 0 nitrogen and oxygen atoms in total. The van der Waals surface area contributed by atoms with E-state index in [0.29, 0.717) is 0 Å². The number of unbranched alkanes of at least 4 members (excludes halogenated alkanes) is 3. The highest BCUT2D eigenvalue weighted by atomic mass is 28.3. The van der Waals surface area contributed by atoms with Gasteiger partial charge in [0, 0.05) is 0 Å². The lowest BCUT2D eigenvalue weighted by Gasteiger charge is -2.00. The summed E-state index contributed by atoms with van der Waals surface area (Å²) in [5.74, 6) is 0. The van der Waals surface area contributed by atoms with Crippen molar-refractivity contribution in [1.29, 1.82) is 0 Å². The molecule has 0 aromatic carbocycles. The summed E-state index contributed by atoms with van der Waals surface area (Å²) in [4.78, 5) is 0. The summed E-state index contributed by atoms with van der Waals surface area (Å²) < 4.78 is 0. The molecule has 0 saturated carbocycles. The molecule has 0 radical (unpaired) electrons. The van der Waals surface area contributed by atoms with Crippen LogP contribution >= 0.6 is 0 Å². The van der Waals surface area contributed by atoms with E-state index in [1.54, 1.807) is 0 Å². The van der Waals surface area contributed by atoms with Gasteiger partial charge in [0.25, 0.3) is 0 Å². The van der Waals surface area contributed by atoms with Crippen LogP contribution in [0, 0.1) is 12.0 Å². The average Bonchev–Trinajstić information content (AvgIpc) is 2.01. The average molecular weight is 184 g/mol. The Kier molecular flexibility index (Phi) is 10.6. The highest BCUT2D eigenvalue weighted by molar-refractivity contribution is 6.83. The SMILES string of the molecule is C#C[Si](C)(C)C.CCCCCC. The molecule has 0 heterocycles. The van der Waals surface area contributed by atoms with Crippen LogP contribution in [0.4, 0.5) is 0 Å². The quantitative estimate of drug-likeness (QED) is 0.352. The van der Waals surface area contributed by atoms with Crippen molar-refractivity contribution in [2.45, 2.75) is 59.2 Å². The Morgan fingerprint density at radius 3 is 1.33 bits per heavy atom. The van der Waals surface area contributed by atoms with E-state index in [9.17, 15) is 0 Å². The van der Waals surface area contributed by atoms with E-state index in [1.165, 1.54) is 25.7 Å².